The summed E-state index contributed by atoms with van der Waals surface area (Å²) in [6.07, 6.45) is 2.88. The van der Waals surface area contributed by atoms with E-state index in [0.717, 1.165) is 24.8 Å². The Bertz CT molecular complexity index is 750. The predicted molar refractivity (Wildman–Crippen MR) is 77.6 cm³/mol. The number of carbonyl (C=O) groups excluding carboxylic acids is 2. The van der Waals surface area contributed by atoms with Crippen LogP contribution in [0.25, 0.3) is 0 Å². The van der Waals surface area contributed by atoms with E-state index >= 15 is 0 Å². The van der Waals surface area contributed by atoms with Gasteiger partial charge in [0.2, 0.25) is 0 Å². The van der Waals surface area contributed by atoms with Gasteiger partial charge in [0.05, 0.1) is 12.7 Å². The number of ether oxygens (including phenoxy) is 1. The Morgan fingerprint density at radius 3 is 2.57 bits per heavy atom. The molecule has 0 saturated carbocycles. The monoisotopic (exact) mass is 320 g/mol. The number of nitrogens with zero attached hydrogens (tertiary/aromatic N) is 1. The molecule has 1 atom stereocenters. The van der Waals surface area contributed by atoms with Gasteiger partial charge in [-0.15, -0.1) is 0 Å². The first-order chi connectivity index (χ1) is 10.9. The summed E-state index contributed by atoms with van der Waals surface area (Å²) in [5, 5.41) is 2.37. The lowest BCUT2D eigenvalue weighted by Crippen LogP contribution is -2.35. The number of aryl methyl sites for hydroxylation is 1. The maximum atomic E-state index is 13.9. The molecule has 0 bridgehead atoms. The molecule has 0 saturated heterocycles. The Morgan fingerprint density at radius 2 is 1.96 bits per heavy atom. The molecule has 120 valence electrons. The molecule has 2 rings (SSSR count). The van der Waals surface area contributed by atoms with Crippen molar-refractivity contribution in [2.45, 2.75) is 13.0 Å². The maximum absolute atomic E-state index is 13.9. The van der Waals surface area contributed by atoms with Gasteiger partial charge < -0.3 is 10.1 Å². The van der Waals surface area contributed by atoms with Crippen molar-refractivity contribution in [3.8, 4) is 0 Å². The van der Waals surface area contributed by atoms with Crippen LogP contribution in [-0.4, -0.2) is 24.0 Å². The Hall–Kier alpha value is -2.83. The van der Waals surface area contributed by atoms with Crippen LogP contribution >= 0.6 is 0 Å². The summed E-state index contributed by atoms with van der Waals surface area (Å²) in [6, 6.07) is 2.88. The SMILES string of the molecule is COC(=O)[C@H](NC(=O)c1cncc(C)c1)c1ccc(F)cc1F. The van der Waals surface area contributed by atoms with E-state index in [1.165, 1.54) is 6.20 Å². The Morgan fingerprint density at radius 1 is 1.22 bits per heavy atom. The van der Waals surface area contributed by atoms with Crippen LogP contribution in [0.15, 0.2) is 36.7 Å². The van der Waals surface area contributed by atoms with Gasteiger partial charge in [-0.25, -0.2) is 13.6 Å². The average Bonchev–Trinajstić information content (AvgIpc) is 2.52. The highest BCUT2D eigenvalue weighted by Gasteiger charge is 2.27. The normalized spacial score (nSPS) is 11.7. The van der Waals surface area contributed by atoms with Crippen LogP contribution in [0.4, 0.5) is 8.78 Å². The first-order valence-corrected chi connectivity index (χ1v) is 6.67. The second-order valence-corrected chi connectivity index (χ2v) is 4.85. The lowest BCUT2D eigenvalue weighted by Gasteiger charge is -2.17. The van der Waals surface area contributed by atoms with Crippen molar-refractivity contribution in [1.82, 2.24) is 10.3 Å². The van der Waals surface area contributed by atoms with Gasteiger partial charge >= 0.3 is 5.97 Å². The zero-order chi connectivity index (χ0) is 17.0. The molecule has 0 aliphatic carbocycles. The first kappa shape index (κ1) is 16.5. The van der Waals surface area contributed by atoms with E-state index in [1.54, 1.807) is 19.2 Å². The number of aromatic nitrogens is 1. The topological polar surface area (TPSA) is 68.3 Å². The van der Waals surface area contributed by atoms with E-state index in [9.17, 15) is 18.4 Å². The Kier molecular flexibility index (Phi) is 5.00. The number of pyridine rings is 1. The molecule has 5 nitrogen and oxygen atoms in total. The van der Waals surface area contributed by atoms with Crippen molar-refractivity contribution in [2.24, 2.45) is 0 Å². The molecule has 0 fully saturated rings. The number of benzene rings is 1. The predicted octanol–water partition coefficient (Wildman–Crippen LogP) is 2.31. The average molecular weight is 320 g/mol. The molecule has 0 spiro atoms. The standard InChI is InChI=1S/C16H14F2N2O3/c1-9-5-10(8-19-7-9)15(21)20-14(16(22)23-2)12-4-3-11(17)6-13(12)18/h3-8,14H,1-2H3,(H,20,21)/t14-/m1/s1. The van der Waals surface area contributed by atoms with Crippen molar-refractivity contribution in [3.63, 3.8) is 0 Å². The van der Waals surface area contributed by atoms with E-state index in [-0.39, 0.29) is 11.1 Å². The molecule has 1 N–H and O–H groups in total. The summed E-state index contributed by atoms with van der Waals surface area (Å²) in [5.74, 6) is -3.24. The summed E-state index contributed by atoms with van der Waals surface area (Å²) < 4.78 is 31.5. The number of rotatable bonds is 4. The lowest BCUT2D eigenvalue weighted by atomic mass is 10.1. The molecule has 2 aromatic rings. The molecular weight excluding hydrogens is 306 g/mol. The molecule has 0 radical (unpaired) electrons. The van der Waals surface area contributed by atoms with Gasteiger partial charge in [-0.05, 0) is 24.6 Å². The van der Waals surface area contributed by atoms with E-state index in [4.69, 9.17) is 0 Å². The van der Waals surface area contributed by atoms with E-state index in [1.807, 2.05) is 0 Å². The molecule has 1 aromatic carbocycles. The van der Waals surface area contributed by atoms with Crippen molar-refractivity contribution in [2.75, 3.05) is 7.11 Å². The highest BCUT2D eigenvalue weighted by Crippen LogP contribution is 2.20. The van der Waals surface area contributed by atoms with Crippen LogP contribution in [0, 0.1) is 18.6 Å². The summed E-state index contributed by atoms with van der Waals surface area (Å²) in [4.78, 5) is 28.0. The zero-order valence-electron chi connectivity index (χ0n) is 12.5. The Balaban J connectivity index is 2.32. The fourth-order valence-corrected chi connectivity index (χ4v) is 2.01. The molecule has 1 aromatic heterocycles. The number of esters is 1. The number of carbonyl (C=O) groups is 2. The highest BCUT2D eigenvalue weighted by molar-refractivity contribution is 5.96. The molecule has 23 heavy (non-hydrogen) atoms. The van der Waals surface area contributed by atoms with Crippen molar-refractivity contribution < 1.29 is 23.1 Å². The number of amides is 1. The van der Waals surface area contributed by atoms with Gasteiger partial charge in [0.25, 0.3) is 5.91 Å². The first-order valence-electron chi connectivity index (χ1n) is 6.67. The Labute approximate surface area is 131 Å². The summed E-state index contributed by atoms with van der Waals surface area (Å²) in [5.41, 5.74) is 0.772. The van der Waals surface area contributed by atoms with Crippen molar-refractivity contribution in [1.29, 1.82) is 0 Å². The molecule has 0 aliphatic rings. The van der Waals surface area contributed by atoms with Crippen LogP contribution < -0.4 is 5.32 Å². The van der Waals surface area contributed by atoms with Crippen LogP contribution in [0.1, 0.15) is 27.5 Å². The number of hydrogen-bond acceptors (Lipinski definition) is 4. The van der Waals surface area contributed by atoms with Crippen LogP contribution in [0.5, 0.6) is 0 Å². The maximum Gasteiger partial charge on any atom is 0.333 e. The summed E-state index contributed by atoms with van der Waals surface area (Å²) >= 11 is 0. The number of nitrogens with one attached hydrogen (secondary N) is 1. The third-order valence-corrected chi connectivity index (χ3v) is 3.12. The summed E-state index contributed by atoms with van der Waals surface area (Å²) in [6.45, 7) is 1.75. The van der Waals surface area contributed by atoms with Gasteiger partial charge in [0, 0.05) is 24.0 Å². The molecular formula is C16H14F2N2O3. The number of methoxy groups -OCH3 is 1. The molecule has 7 heteroatoms. The minimum atomic E-state index is -1.39. The third-order valence-electron chi connectivity index (χ3n) is 3.12. The third kappa shape index (κ3) is 3.88. The fraction of sp³-hybridized carbons (Fsp3) is 0.188. The second-order valence-electron chi connectivity index (χ2n) is 4.85. The molecule has 1 amide bonds. The number of hydrogen-bond donors (Lipinski definition) is 1. The minimum absolute atomic E-state index is 0.188. The van der Waals surface area contributed by atoms with E-state index in [2.05, 4.69) is 15.0 Å². The minimum Gasteiger partial charge on any atom is -0.467 e. The van der Waals surface area contributed by atoms with Crippen LogP contribution in [-0.2, 0) is 9.53 Å². The van der Waals surface area contributed by atoms with Crippen molar-refractivity contribution in [3.05, 3.63) is 65.0 Å². The molecule has 0 aliphatic heterocycles. The van der Waals surface area contributed by atoms with Gasteiger partial charge in [0.1, 0.15) is 11.6 Å². The quantitative estimate of drug-likeness (QED) is 0.878. The van der Waals surface area contributed by atoms with Gasteiger partial charge in [-0.1, -0.05) is 6.07 Å². The fourth-order valence-electron chi connectivity index (χ4n) is 2.01. The van der Waals surface area contributed by atoms with Gasteiger partial charge in [-0.2, -0.15) is 0 Å². The number of halogens is 2. The van der Waals surface area contributed by atoms with Gasteiger partial charge in [-0.3, -0.25) is 9.78 Å². The van der Waals surface area contributed by atoms with E-state index in [0.29, 0.717) is 6.07 Å². The van der Waals surface area contributed by atoms with Gasteiger partial charge in [0.15, 0.2) is 6.04 Å². The molecule has 0 unspecified atom stereocenters. The largest absolute Gasteiger partial charge is 0.467 e. The molecule has 1 heterocycles. The smallest absolute Gasteiger partial charge is 0.333 e. The zero-order valence-corrected chi connectivity index (χ0v) is 12.5. The summed E-state index contributed by atoms with van der Waals surface area (Å²) in [7, 11) is 1.11. The van der Waals surface area contributed by atoms with E-state index < -0.39 is 29.6 Å². The van der Waals surface area contributed by atoms with Crippen LogP contribution in [0.2, 0.25) is 0 Å². The lowest BCUT2D eigenvalue weighted by molar-refractivity contribution is -0.143. The van der Waals surface area contributed by atoms with Crippen molar-refractivity contribution >= 4 is 11.9 Å². The second kappa shape index (κ2) is 6.95. The van der Waals surface area contributed by atoms with Crippen LogP contribution in [0.3, 0.4) is 0 Å². The highest BCUT2D eigenvalue weighted by atomic mass is 19.1.